The van der Waals surface area contributed by atoms with Crippen LogP contribution in [0.2, 0.25) is 5.02 Å². The molecule has 2 heterocycles. The fourth-order valence-corrected chi connectivity index (χ4v) is 2.75. The Labute approximate surface area is 162 Å². The van der Waals surface area contributed by atoms with Crippen LogP contribution in [0.25, 0.3) is 16.9 Å². The third kappa shape index (κ3) is 3.35. The normalized spacial score (nSPS) is 10.9. The molecule has 10 heteroatoms. The predicted molar refractivity (Wildman–Crippen MR) is 101 cm³/mol. The number of amides is 1. The van der Waals surface area contributed by atoms with Gasteiger partial charge in [-0.1, -0.05) is 28.9 Å². The molecule has 4 aromatic rings. The van der Waals surface area contributed by atoms with Crippen LogP contribution in [0.3, 0.4) is 0 Å². The molecule has 0 aliphatic carbocycles. The van der Waals surface area contributed by atoms with Gasteiger partial charge in [0.25, 0.3) is 5.56 Å². The number of benzene rings is 2. The van der Waals surface area contributed by atoms with Crippen LogP contribution in [-0.2, 0) is 11.3 Å². The topological polar surface area (TPSA) is 94.7 Å². The smallest absolute Gasteiger partial charge is 0.284 e. The molecule has 0 unspecified atom stereocenters. The number of hydrogen-bond acceptors (Lipinski definition) is 5. The number of rotatable bonds is 4. The van der Waals surface area contributed by atoms with Crippen LogP contribution in [0, 0.1) is 5.82 Å². The minimum absolute atomic E-state index is 0.0103. The van der Waals surface area contributed by atoms with Crippen molar-refractivity contribution in [2.45, 2.75) is 6.54 Å². The lowest BCUT2D eigenvalue weighted by Gasteiger charge is -2.08. The second-order valence-corrected chi connectivity index (χ2v) is 6.29. The van der Waals surface area contributed by atoms with Crippen LogP contribution in [0.5, 0.6) is 0 Å². The van der Waals surface area contributed by atoms with Crippen molar-refractivity contribution in [3.8, 4) is 5.69 Å². The van der Waals surface area contributed by atoms with Gasteiger partial charge in [-0.2, -0.15) is 4.68 Å². The number of fused-ring (bicyclic) bond motifs is 1. The zero-order valence-corrected chi connectivity index (χ0v) is 15.0. The first kappa shape index (κ1) is 17.8. The number of anilines is 1. The lowest BCUT2D eigenvalue weighted by atomic mass is 10.3. The highest BCUT2D eigenvalue weighted by Gasteiger charge is 2.15. The van der Waals surface area contributed by atoms with Gasteiger partial charge in [-0.3, -0.25) is 14.2 Å². The lowest BCUT2D eigenvalue weighted by Crippen LogP contribution is -2.28. The molecule has 0 aliphatic heterocycles. The van der Waals surface area contributed by atoms with E-state index in [1.807, 2.05) is 0 Å². The van der Waals surface area contributed by atoms with Crippen molar-refractivity contribution in [2.75, 3.05) is 5.32 Å². The molecular formula is C18H12ClFN6O2. The number of nitrogens with one attached hydrogen (secondary N) is 1. The maximum Gasteiger partial charge on any atom is 0.284 e. The summed E-state index contributed by atoms with van der Waals surface area (Å²) in [5, 5.41) is 10.8. The first-order valence-corrected chi connectivity index (χ1v) is 8.52. The summed E-state index contributed by atoms with van der Waals surface area (Å²) in [6, 6.07) is 12.5. The van der Waals surface area contributed by atoms with E-state index in [1.165, 1.54) is 29.2 Å². The van der Waals surface area contributed by atoms with Gasteiger partial charge in [-0.05, 0) is 36.4 Å². The fraction of sp³-hybridized carbons (Fsp3) is 0.0556. The molecule has 0 aliphatic rings. The van der Waals surface area contributed by atoms with E-state index in [2.05, 4.69) is 20.6 Å². The van der Waals surface area contributed by atoms with Crippen molar-refractivity contribution in [3.05, 3.63) is 76.1 Å². The number of halogens is 2. The van der Waals surface area contributed by atoms with E-state index in [0.717, 1.165) is 4.57 Å². The average molecular weight is 399 g/mol. The van der Waals surface area contributed by atoms with Crippen LogP contribution in [0.1, 0.15) is 0 Å². The zero-order chi connectivity index (χ0) is 19.7. The Hall–Kier alpha value is -3.59. The largest absolute Gasteiger partial charge is 0.322 e. The molecule has 2 aromatic carbocycles. The highest BCUT2D eigenvalue weighted by molar-refractivity contribution is 6.30. The monoisotopic (exact) mass is 398 g/mol. The minimum atomic E-state index is -0.571. The number of para-hydroxylation sites is 1. The second kappa shape index (κ2) is 7.20. The van der Waals surface area contributed by atoms with Crippen LogP contribution in [0.15, 0.2) is 59.7 Å². The van der Waals surface area contributed by atoms with Gasteiger partial charge in [0.05, 0.1) is 11.4 Å². The Morgan fingerprint density at radius 1 is 1.14 bits per heavy atom. The Kier molecular flexibility index (Phi) is 4.58. The summed E-state index contributed by atoms with van der Waals surface area (Å²) in [5.41, 5.74) is 0.389. The summed E-state index contributed by atoms with van der Waals surface area (Å²) in [6.45, 7) is -0.343. The molecule has 4 rings (SSSR count). The van der Waals surface area contributed by atoms with E-state index in [1.54, 1.807) is 30.3 Å². The Balaban J connectivity index is 1.62. The predicted octanol–water partition coefficient (Wildman–Crippen LogP) is 2.41. The molecule has 0 saturated heterocycles. The summed E-state index contributed by atoms with van der Waals surface area (Å²) in [4.78, 5) is 29.0. The van der Waals surface area contributed by atoms with Gasteiger partial charge in [0, 0.05) is 5.02 Å². The number of hydrogen-bond donors (Lipinski definition) is 1. The summed E-state index contributed by atoms with van der Waals surface area (Å²) < 4.78 is 16.1. The quantitative estimate of drug-likeness (QED) is 0.569. The van der Waals surface area contributed by atoms with Crippen molar-refractivity contribution >= 4 is 34.4 Å². The molecule has 8 nitrogen and oxygen atoms in total. The van der Waals surface area contributed by atoms with E-state index in [9.17, 15) is 14.0 Å². The molecular weight excluding hydrogens is 387 g/mol. The Bertz CT molecular complexity index is 1240. The number of carbonyl (C=O) groups is 1. The molecule has 28 heavy (non-hydrogen) atoms. The SMILES string of the molecule is O=C(Cn1cnc2c(nnn2-c2ccc(Cl)cc2)c1=O)Nc1ccccc1F. The molecule has 0 bridgehead atoms. The molecule has 0 radical (unpaired) electrons. The van der Waals surface area contributed by atoms with E-state index < -0.39 is 17.3 Å². The number of carbonyl (C=O) groups excluding carboxylic acids is 1. The standard InChI is InChI=1S/C18H12ClFN6O2/c19-11-5-7-12(8-6-11)26-17-16(23-24-26)18(28)25(10-21-17)9-15(27)22-14-4-2-1-3-13(14)20/h1-8,10H,9H2,(H,22,27). The molecule has 2 aromatic heterocycles. The summed E-state index contributed by atoms with van der Waals surface area (Å²) in [7, 11) is 0. The molecule has 0 saturated carbocycles. The number of nitrogens with zero attached hydrogens (tertiary/aromatic N) is 5. The van der Waals surface area contributed by atoms with Gasteiger partial charge in [0.2, 0.25) is 5.91 Å². The Morgan fingerprint density at radius 2 is 1.89 bits per heavy atom. The van der Waals surface area contributed by atoms with Crippen molar-refractivity contribution in [1.29, 1.82) is 0 Å². The summed E-state index contributed by atoms with van der Waals surface area (Å²) in [6.07, 6.45) is 1.22. The van der Waals surface area contributed by atoms with E-state index >= 15 is 0 Å². The van der Waals surface area contributed by atoms with Crippen molar-refractivity contribution < 1.29 is 9.18 Å². The van der Waals surface area contributed by atoms with E-state index in [0.29, 0.717) is 10.7 Å². The summed E-state index contributed by atoms with van der Waals surface area (Å²) in [5.74, 6) is -1.14. The van der Waals surface area contributed by atoms with Crippen molar-refractivity contribution in [2.24, 2.45) is 0 Å². The molecule has 1 N–H and O–H groups in total. The average Bonchev–Trinajstić information content (AvgIpc) is 3.11. The van der Waals surface area contributed by atoms with Gasteiger partial charge >= 0.3 is 0 Å². The van der Waals surface area contributed by atoms with Gasteiger partial charge in [-0.25, -0.2) is 9.37 Å². The summed E-state index contributed by atoms with van der Waals surface area (Å²) >= 11 is 5.88. The maximum absolute atomic E-state index is 13.6. The highest BCUT2D eigenvalue weighted by Crippen LogP contribution is 2.15. The molecule has 140 valence electrons. The van der Waals surface area contributed by atoms with Crippen LogP contribution in [-0.4, -0.2) is 30.5 Å². The highest BCUT2D eigenvalue weighted by atomic mass is 35.5. The molecule has 1 amide bonds. The third-order valence-electron chi connectivity index (χ3n) is 3.96. The first-order chi connectivity index (χ1) is 13.5. The zero-order valence-electron chi connectivity index (χ0n) is 14.2. The van der Waals surface area contributed by atoms with Gasteiger partial charge < -0.3 is 5.32 Å². The molecule has 0 fully saturated rings. The molecule has 0 spiro atoms. The third-order valence-corrected chi connectivity index (χ3v) is 4.21. The minimum Gasteiger partial charge on any atom is -0.322 e. The van der Waals surface area contributed by atoms with E-state index in [4.69, 9.17) is 11.6 Å². The van der Waals surface area contributed by atoms with Crippen LogP contribution >= 0.6 is 11.6 Å². The Morgan fingerprint density at radius 3 is 2.64 bits per heavy atom. The second-order valence-electron chi connectivity index (χ2n) is 5.86. The van der Waals surface area contributed by atoms with Gasteiger partial charge in [-0.15, -0.1) is 5.10 Å². The van der Waals surface area contributed by atoms with Crippen molar-refractivity contribution in [1.82, 2.24) is 24.5 Å². The maximum atomic E-state index is 13.6. The van der Waals surface area contributed by atoms with Crippen LogP contribution < -0.4 is 10.9 Å². The lowest BCUT2D eigenvalue weighted by molar-refractivity contribution is -0.116. The number of aromatic nitrogens is 5. The molecule has 0 atom stereocenters. The van der Waals surface area contributed by atoms with Gasteiger partial charge in [0.15, 0.2) is 11.2 Å². The fourth-order valence-electron chi connectivity index (χ4n) is 2.62. The van der Waals surface area contributed by atoms with E-state index in [-0.39, 0.29) is 23.4 Å². The van der Waals surface area contributed by atoms with Crippen LogP contribution in [0.4, 0.5) is 10.1 Å². The first-order valence-electron chi connectivity index (χ1n) is 8.14. The van der Waals surface area contributed by atoms with Gasteiger partial charge in [0.1, 0.15) is 18.7 Å². The van der Waals surface area contributed by atoms with Crippen molar-refractivity contribution in [3.63, 3.8) is 0 Å².